The van der Waals surface area contributed by atoms with E-state index < -0.39 is 0 Å². The van der Waals surface area contributed by atoms with Crippen molar-refractivity contribution >= 4 is 25.1 Å². The quantitative estimate of drug-likeness (QED) is 0.588. The molecule has 1 aromatic rings. The molecule has 0 fully saturated rings. The molecular formula is C12H14BNS. The van der Waals surface area contributed by atoms with Crippen LogP contribution in [0.4, 0.5) is 0 Å². The van der Waals surface area contributed by atoms with Crippen LogP contribution in [0.3, 0.4) is 0 Å². The first-order chi connectivity index (χ1) is 7.11. The first-order valence-electron chi connectivity index (χ1n) is 4.69. The maximum atomic E-state index is 5.72. The van der Waals surface area contributed by atoms with Gasteiger partial charge in [-0.25, -0.2) is 0 Å². The van der Waals surface area contributed by atoms with E-state index in [1.165, 1.54) is 0 Å². The predicted molar refractivity (Wildman–Crippen MR) is 71.8 cm³/mol. The molecule has 0 aromatic carbocycles. The molecule has 0 spiro atoms. The fourth-order valence-electron chi connectivity index (χ4n) is 1.06. The van der Waals surface area contributed by atoms with Crippen molar-refractivity contribution in [1.29, 1.82) is 0 Å². The van der Waals surface area contributed by atoms with Crippen LogP contribution in [0.2, 0.25) is 0 Å². The van der Waals surface area contributed by atoms with E-state index in [1.807, 2.05) is 50.1 Å². The fraction of sp³-hybridized carbons (Fsp3) is 0.0833. The van der Waals surface area contributed by atoms with E-state index in [9.17, 15) is 0 Å². The SMILES string of the molecule is C=C(/C=C\C(N)=C(/C)S)c1bcccc1. The minimum atomic E-state index is 0.662. The summed E-state index contributed by atoms with van der Waals surface area (Å²) in [4.78, 5) is 0.812. The van der Waals surface area contributed by atoms with Crippen LogP contribution in [-0.4, -0.2) is 6.91 Å². The minimum absolute atomic E-state index is 0.662. The first kappa shape index (κ1) is 11.9. The van der Waals surface area contributed by atoms with Crippen molar-refractivity contribution < 1.29 is 0 Å². The van der Waals surface area contributed by atoms with Crippen molar-refractivity contribution in [3.8, 4) is 0 Å². The Balaban J connectivity index is 2.78. The summed E-state index contributed by atoms with van der Waals surface area (Å²) in [6.45, 7) is 7.84. The number of rotatable bonds is 3. The van der Waals surface area contributed by atoms with Crippen molar-refractivity contribution in [2.75, 3.05) is 0 Å². The summed E-state index contributed by atoms with van der Waals surface area (Å²) < 4.78 is 0. The van der Waals surface area contributed by atoms with E-state index in [1.54, 1.807) is 0 Å². The summed E-state index contributed by atoms with van der Waals surface area (Å²) in [5, 5.41) is 0. The number of hydrogen-bond donors (Lipinski definition) is 2. The van der Waals surface area contributed by atoms with E-state index in [-0.39, 0.29) is 0 Å². The number of thiol groups is 1. The van der Waals surface area contributed by atoms with Gasteiger partial charge in [0.05, 0.1) is 0 Å². The van der Waals surface area contributed by atoms with Crippen molar-refractivity contribution in [2.24, 2.45) is 5.73 Å². The monoisotopic (exact) mass is 215 g/mol. The van der Waals surface area contributed by atoms with Gasteiger partial charge < -0.3 is 0 Å². The Bertz CT molecular complexity index is 403. The topological polar surface area (TPSA) is 26.0 Å². The van der Waals surface area contributed by atoms with Crippen LogP contribution in [0.5, 0.6) is 0 Å². The predicted octanol–water partition coefficient (Wildman–Crippen LogP) is 2.71. The molecule has 76 valence electrons. The number of hydrogen-bond acceptors (Lipinski definition) is 2. The maximum absolute atomic E-state index is 5.72. The Labute approximate surface area is 97.0 Å². The Morgan fingerprint density at radius 1 is 1.47 bits per heavy atom. The van der Waals surface area contributed by atoms with Crippen molar-refractivity contribution in [3.05, 3.63) is 59.0 Å². The molecule has 1 heterocycles. The third-order valence-corrected chi connectivity index (χ3v) is 2.28. The second-order valence-corrected chi connectivity index (χ2v) is 3.94. The molecule has 0 saturated carbocycles. The molecule has 0 atom stereocenters. The summed E-state index contributed by atoms with van der Waals surface area (Å²) in [5.41, 5.74) is 8.41. The standard InChI is InChI=1S/C12H14BNS/c1-9(6-7-12(14)10(2)15)11-5-3-4-8-13-11/h3-8,15H,1,14H2,2H3/b7-6-,12-10-. The zero-order chi connectivity index (χ0) is 11.3. The third-order valence-electron chi connectivity index (χ3n) is 2.03. The fourth-order valence-corrected chi connectivity index (χ4v) is 1.13. The van der Waals surface area contributed by atoms with Crippen LogP contribution in [0, 0.1) is 0 Å². The van der Waals surface area contributed by atoms with Crippen LogP contribution < -0.4 is 5.73 Å². The van der Waals surface area contributed by atoms with E-state index in [0.29, 0.717) is 5.70 Å². The Morgan fingerprint density at radius 3 is 2.73 bits per heavy atom. The zero-order valence-electron chi connectivity index (χ0n) is 8.77. The van der Waals surface area contributed by atoms with Gasteiger partial charge in [-0.3, -0.25) is 0 Å². The van der Waals surface area contributed by atoms with E-state index in [0.717, 1.165) is 15.9 Å². The Kier molecular flexibility index (Phi) is 4.44. The average Bonchev–Trinajstić information content (AvgIpc) is 2.26. The van der Waals surface area contributed by atoms with Crippen LogP contribution >= 0.6 is 12.6 Å². The van der Waals surface area contributed by atoms with Crippen LogP contribution in [0.1, 0.15) is 12.4 Å². The van der Waals surface area contributed by atoms with E-state index in [2.05, 4.69) is 19.2 Å². The van der Waals surface area contributed by atoms with Gasteiger partial charge in [0.1, 0.15) is 0 Å². The van der Waals surface area contributed by atoms with E-state index in [4.69, 9.17) is 5.73 Å². The molecule has 0 aliphatic carbocycles. The molecule has 0 radical (unpaired) electrons. The molecule has 0 unspecified atom stereocenters. The summed E-state index contributed by atoms with van der Waals surface area (Å²) in [6.07, 6.45) is 3.71. The molecule has 0 aliphatic rings. The van der Waals surface area contributed by atoms with Gasteiger partial charge in [-0.05, 0) is 0 Å². The summed E-state index contributed by atoms with van der Waals surface area (Å²) in [7, 11) is 0. The molecule has 0 bridgehead atoms. The summed E-state index contributed by atoms with van der Waals surface area (Å²) >= 11 is 4.16. The van der Waals surface area contributed by atoms with Crippen LogP contribution in [-0.2, 0) is 0 Å². The molecular weight excluding hydrogens is 201 g/mol. The van der Waals surface area contributed by atoms with Gasteiger partial charge in [0, 0.05) is 0 Å². The number of allylic oxidation sites excluding steroid dienone is 4. The zero-order valence-corrected chi connectivity index (χ0v) is 9.67. The second-order valence-electron chi connectivity index (χ2n) is 3.27. The van der Waals surface area contributed by atoms with Crippen LogP contribution in [0.25, 0.3) is 5.57 Å². The first-order valence-corrected chi connectivity index (χ1v) is 5.13. The van der Waals surface area contributed by atoms with E-state index >= 15 is 0 Å². The average molecular weight is 215 g/mol. The Morgan fingerprint density at radius 2 is 2.20 bits per heavy atom. The molecule has 2 N–H and O–H groups in total. The number of nitrogens with two attached hydrogens (primary N) is 1. The molecule has 1 rings (SSSR count). The molecule has 1 aromatic heterocycles. The molecule has 0 amide bonds. The summed E-state index contributed by atoms with van der Waals surface area (Å²) in [5.74, 6) is 1.98. The molecule has 3 heteroatoms. The van der Waals surface area contributed by atoms with Gasteiger partial charge in [0.25, 0.3) is 0 Å². The van der Waals surface area contributed by atoms with Gasteiger partial charge in [-0.15, -0.1) is 0 Å². The van der Waals surface area contributed by atoms with Crippen molar-refractivity contribution in [1.82, 2.24) is 0 Å². The Hall–Kier alpha value is -1.22. The van der Waals surface area contributed by atoms with Gasteiger partial charge in [0.15, 0.2) is 0 Å². The van der Waals surface area contributed by atoms with Gasteiger partial charge in [0.2, 0.25) is 0 Å². The molecule has 0 saturated heterocycles. The second kappa shape index (κ2) is 5.61. The van der Waals surface area contributed by atoms with Crippen molar-refractivity contribution in [2.45, 2.75) is 6.92 Å². The van der Waals surface area contributed by atoms with Gasteiger partial charge in [-0.2, -0.15) is 0 Å². The molecule has 15 heavy (non-hydrogen) atoms. The molecule has 1 nitrogen and oxygen atoms in total. The van der Waals surface area contributed by atoms with Crippen molar-refractivity contribution in [3.63, 3.8) is 0 Å². The summed E-state index contributed by atoms with van der Waals surface area (Å²) in [6, 6.07) is 5.98. The van der Waals surface area contributed by atoms with Gasteiger partial charge in [-0.1, -0.05) is 0 Å². The van der Waals surface area contributed by atoms with Gasteiger partial charge >= 0.3 is 96.7 Å². The molecule has 0 aliphatic heterocycles. The normalized spacial score (nSPS) is 12.4. The van der Waals surface area contributed by atoms with Crippen LogP contribution in [0.15, 0.2) is 53.5 Å². The third kappa shape index (κ3) is 3.80.